The molecule has 11 heteroatoms. The van der Waals surface area contributed by atoms with Crippen molar-refractivity contribution in [3.8, 4) is 0 Å². The van der Waals surface area contributed by atoms with Crippen LogP contribution in [0.2, 0.25) is 0 Å². The van der Waals surface area contributed by atoms with E-state index in [0.717, 1.165) is 60.6 Å². The van der Waals surface area contributed by atoms with Crippen LogP contribution < -0.4 is 4.90 Å². The number of hydrogen-bond acceptors (Lipinski definition) is 6. The normalized spacial score (nSPS) is 21.5. The molecular weight excluding hydrogens is 656 g/mol. The van der Waals surface area contributed by atoms with Gasteiger partial charge in [-0.05, 0) is 69.9 Å². The molecule has 2 aliphatic heterocycles. The SMILES string of the molecule is CC1(C)C(CCC2=C(Cl)C(C/C=C3/N(CCCS(=O)(=O)O)c4ccccc4C3(C)C)CCC2)=[N+](CCCS(=O)(=O)[O-])c2ccccc21. The highest BCUT2D eigenvalue weighted by Crippen LogP contribution is 2.49. The van der Waals surface area contributed by atoms with Crippen LogP contribution >= 0.6 is 11.6 Å². The molecule has 0 saturated carbocycles. The van der Waals surface area contributed by atoms with Crippen molar-refractivity contribution < 1.29 is 30.5 Å². The van der Waals surface area contributed by atoms with Gasteiger partial charge in [-0.15, -0.1) is 0 Å². The van der Waals surface area contributed by atoms with Crippen LogP contribution in [-0.2, 0) is 31.1 Å². The Bertz CT molecular complexity index is 1830. The summed E-state index contributed by atoms with van der Waals surface area (Å²) in [6, 6.07) is 16.4. The van der Waals surface area contributed by atoms with Crippen LogP contribution in [0.3, 0.4) is 0 Å². The second kappa shape index (κ2) is 13.8. The summed E-state index contributed by atoms with van der Waals surface area (Å²) < 4.78 is 68.5. The van der Waals surface area contributed by atoms with E-state index in [0.29, 0.717) is 19.5 Å². The molecule has 0 aromatic heterocycles. The molecule has 0 amide bonds. The van der Waals surface area contributed by atoms with Gasteiger partial charge in [-0.1, -0.05) is 73.5 Å². The zero-order chi connectivity index (χ0) is 34.2. The quantitative estimate of drug-likeness (QED) is 0.171. The number of nitrogens with zero attached hydrogens (tertiary/aromatic N) is 2. The third-order valence-corrected chi connectivity index (χ3v) is 12.4. The van der Waals surface area contributed by atoms with E-state index >= 15 is 0 Å². The summed E-state index contributed by atoms with van der Waals surface area (Å²) in [6.45, 7) is 9.77. The first kappa shape index (κ1) is 35.8. The van der Waals surface area contributed by atoms with Gasteiger partial charge in [0.15, 0.2) is 5.71 Å². The molecule has 8 nitrogen and oxygen atoms in total. The molecule has 1 N–H and O–H groups in total. The Kier molecular flexibility index (Phi) is 10.5. The number of allylic oxidation sites excluding steroid dienone is 4. The molecule has 0 spiro atoms. The van der Waals surface area contributed by atoms with E-state index in [2.05, 4.69) is 67.5 Å². The first-order valence-corrected chi connectivity index (χ1v) is 20.1. The molecule has 2 heterocycles. The van der Waals surface area contributed by atoms with Crippen molar-refractivity contribution in [3.05, 3.63) is 82.0 Å². The minimum absolute atomic E-state index is 0.184. The van der Waals surface area contributed by atoms with Crippen LogP contribution in [0.15, 0.2) is 70.9 Å². The summed E-state index contributed by atoms with van der Waals surface area (Å²) in [5, 5.41) is 0.928. The van der Waals surface area contributed by atoms with E-state index in [4.69, 9.17) is 11.6 Å². The fourth-order valence-electron chi connectivity index (χ4n) is 7.92. The molecule has 5 rings (SSSR count). The van der Waals surface area contributed by atoms with E-state index in [1.165, 1.54) is 22.4 Å². The van der Waals surface area contributed by atoms with Gasteiger partial charge in [0.05, 0.1) is 21.3 Å². The second-order valence-corrected chi connectivity index (χ2v) is 17.7. The lowest BCUT2D eigenvalue weighted by Gasteiger charge is -2.29. The van der Waals surface area contributed by atoms with Crippen molar-refractivity contribution >= 4 is 48.9 Å². The number of para-hydroxylation sites is 2. The number of anilines is 1. The van der Waals surface area contributed by atoms with Crippen LogP contribution in [0.5, 0.6) is 0 Å². The summed E-state index contributed by atoms with van der Waals surface area (Å²) >= 11 is 7.20. The lowest BCUT2D eigenvalue weighted by molar-refractivity contribution is -0.439. The highest BCUT2D eigenvalue weighted by atomic mass is 35.5. The van der Waals surface area contributed by atoms with Gasteiger partial charge in [-0.2, -0.15) is 13.0 Å². The summed E-state index contributed by atoms with van der Waals surface area (Å²) in [4.78, 5) is 2.20. The summed E-state index contributed by atoms with van der Waals surface area (Å²) in [5.74, 6) is -0.479. The minimum Gasteiger partial charge on any atom is -0.748 e. The van der Waals surface area contributed by atoms with Gasteiger partial charge in [0, 0.05) is 58.6 Å². The highest BCUT2D eigenvalue weighted by molar-refractivity contribution is 7.85. The molecule has 1 atom stereocenters. The standard InChI is InChI=1S/C36H47ClN2O6S2/c1-35(2)28-14-5-7-16-30(28)38(22-10-24-46(40,41)42)32(35)20-18-26-12-9-13-27(34(26)37)19-21-33-36(3,4)29-15-6-8-17-31(29)39(33)23-11-25-47(43,44)45/h5-8,14-17,20,26H,9-13,18-19,21-25H2,1-4H3,(H-,40,41,42,43,44,45)/b32-20+. The summed E-state index contributed by atoms with van der Waals surface area (Å²) in [6.07, 6.45) is 8.22. The molecular formula is C36H47ClN2O6S2. The zero-order valence-electron chi connectivity index (χ0n) is 27.8. The molecule has 256 valence electrons. The van der Waals surface area contributed by atoms with Crippen molar-refractivity contribution in [2.24, 2.45) is 5.92 Å². The van der Waals surface area contributed by atoms with Crippen molar-refractivity contribution in [1.82, 2.24) is 0 Å². The lowest BCUT2D eigenvalue weighted by atomic mass is 9.78. The third-order valence-electron chi connectivity index (χ3n) is 10.3. The van der Waals surface area contributed by atoms with E-state index in [1.807, 2.05) is 24.3 Å². The van der Waals surface area contributed by atoms with E-state index in [9.17, 15) is 25.9 Å². The van der Waals surface area contributed by atoms with Gasteiger partial charge in [0.1, 0.15) is 6.54 Å². The van der Waals surface area contributed by atoms with Crippen LogP contribution in [-0.4, -0.2) is 60.8 Å². The summed E-state index contributed by atoms with van der Waals surface area (Å²) in [7, 11) is -8.33. The fourth-order valence-corrected chi connectivity index (χ4v) is 9.28. The Morgan fingerprint density at radius 2 is 1.64 bits per heavy atom. The maximum atomic E-state index is 11.5. The third kappa shape index (κ3) is 7.88. The maximum absolute atomic E-state index is 11.5. The molecule has 0 fully saturated rings. The van der Waals surface area contributed by atoms with Gasteiger partial charge in [-0.25, -0.2) is 8.42 Å². The minimum atomic E-state index is -4.28. The molecule has 1 aliphatic carbocycles. The van der Waals surface area contributed by atoms with Gasteiger partial charge in [0.25, 0.3) is 10.1 Å². The number of hydrogen-bond donors (Lipinski definition) is 1. The Morgan fingerprint density at radius 1 is 0.957 bits per heavy atom. The van der Waals surface area contributed by atoms with Crippen LogP contribution in [0.4, 0.5) is 11.4 Å². The molecule has 3 aliphatic rings. The van der Waals surface area contributed by atoms with Gasteiger partial charge in [0.2, 0.25) is 5.69 Å². The topological polar surface area (TPSA) is 118 Å². The number of halogens is 1. The van der Waals surface area contributed by atoms with Crippen molar-refractivity contribution in [2.75, 3.05) is 29.5 Å². The average molecular weight is 703 g/mol. The van der Waals surface area contributed by atoms with Crippen LogP contribution in [0, 0.1) is 5.92 Å². The first-order valence-electron chi connectivity index (χ1n) is 16.6. The Hall–Kier alpha value is -2.50. The number of fused-ring (bicyclic) bond motifs is 2. The summed E-state index contributed by atoms with van der Waals surface area (Å²) in [5.41, 5.74) is 7.65. The van der Waals surface area contributed by atoms with Crippen molar-refractivity contribution in [3.63, 3.8) is 0 Å². The molecule has 0 radical (unpaired) electrons. The van der Waals surface area contributed by atoms with E-state index in [-0.39, 0.29) is 34.7 Å². The second-order valence-electron chi connectivity index (χ2n) is 14.2. The van der Waals surface area contributed by atoms with Crippen LogP contribution in [0.25, 0.3) is 0 Å². The Labute approximate surface area is 285 Å². The molecule has 2 aromatic carbocycles. The molecule has 47 heavy (non-hydrogen) atoms. The maximum Gasteiger partial charge on any atom is 0.264 e. The largest absolute Gasteiger partial charge is 0.748 e. The molecule has 1 unspecified atom stereocenters. The van der Waals surface area contributed by atoms with Crippen molar-refractivity contribution in [2.45, 2.75) is 89.9 Å². The predicted octanol–water partition coefficient (Wildman–Crippen LogP) is 7.42. The smallest absolute Gasteiger partial charge is 0.264 e. The van der Waals surface area contributed by atoms with E-state index < -0.39 is 20.2 Å². The number of rotatable bonds is 13. The lowest BCUT2D eigenvalue weighted by Crippen LogP contribution is -2.30. The predicted molar refractivity (Wildman–Crippen MR) is 188 cm³/mol. The Balaban J connectivity index is 1.36. The zero-order valence-corrected chi connectivity index (χ0v) is 30.2. The van der Waals surface area contributed by atoms with Crippen molar-refractivity contribution in [1.29, 1.82) is 0 Å². The Morgan fingerprint density at radius 3 is 2.34 bits per heavy atom. The van der Waals surface area contributed by atoms with E-state index in [1.54, 1.807) is 0 Å². The van der Waals surface area contributed by atoms with Gasteiger partial charge < -0.3 is 9.45 Å². The monoisotopic (exact) mass is 702 g/mol. The van der Waals surface area contributed by atoms with Gasteiger partial charge >= 0.3 is 0 Å². The van der Waals surface area contributed by atoms with Gasteiger partial charge in [-0.3, -0.25) is 4.55 Å². The highest BCUT2D eigenvalue weighted by Gasteiger charge is 2.45. The van der Waals surface area contributed by atoms with Crippen LogP contribution in [0.1, 0.15) is 90.2 Å². The number of benzene rings is 2. The molecule has 0 saturated heterocycles. The average Bonchev–Trinajstić information content (AvgIpc) is 3.33. The first-order chi connectivity index (χ1) is 22.0. The fraction of sp³-hybridized carbons (Fsp3) is 0.528. The molecule has 2 aromatic rings. The molecule has 0 bridgehead atoms.